The van der Waals surface area contributed by atoms with Gasteiger partial charge in [0.2, 0.25) is 5.96 Å². The van der Waals surface area contributed by atoms with Crippen molar-refractivity contribution >= 4 is 17.5 Å². The topological polar surface area (TPSA) is 89.5 Å². The summed E-state index contributed by atoms with van der Waals surface area (Å²) in [7, 11) is 1.93. The Kier molecular flexibility index (Phi) is 7.34. The second kappa shape index (κ2) is 9.50. The Morgan fingerprint density at radius 1 is 1.36 bits per heavy atom. The van der Waals surface area contributed by atoms with Gasteiger partial charge in [-0.25, -0.2) is 4.98 Å². The van der Waals surface area contributed by atoms with Crippen LogP contribution in [0.1, 0.15) is 50.2 Å². The maximum absolute atomic E-state index is 9.42. The number of aryl methyl sites for hydroxylation is 1. The van der Waals surface area contributed by atoms with Gasteiger partial charge in [0.25, 0.3) is 0 Å². The Labute approximate surface area is 167 Å². The summed E-state index contributed by atoms with van der Waals surface area (Å²) in [5.41, 5.74) is 3.85. The van der Waals surface area contributed by atoms with Crippen molar-refractivity contribution in [2.75, 3.05) is 18.6 Å². The molecule has 0 aliphatic carbocycles. The van der Waals surface area contributed by atoms with E-state index in [1.165, 1.54) is 0 Å². The molecule has 1 aromatic carbocycles. The van der Waals surface area contributed by atoms with Crippen LogP contribution in [-0.4, -0.2) is 46.1 Å². The molecule has 2 rings (SSSR count). The zero-order valence-electron chi connectivity index (χ0n) is 17.7. The average molecular weight is 385 g/mol. The third-order valence-corrected chi connectivity index (χ3v) is 4.79. The minimum Gasteiger partial charge on any atom is -0.394 e. The number of benzene rings is 1. The number of nitrogens with one attached hydrogen (secondary N) is 2. The Morgan fingerprint density at radius 3 is 2.61 bits per heavy atom. The second-order valence-electron chi connectivity index (χ2n) is 7.29. The van der Waals surface area contributed by atoms with E-state index in [2.05, 4.69) is 39.8 Å². The molecule has 1 aromatic heterocycles. The number of guanidine groups is 1. The SMILES string of the molecule is CC[C@H](CO)NC(=N)/N=C(\c1ncn(C(C)C)c1C)N(C)c1cccc(C)c1. The van der Waals surface area contributed by atoms with E-state index < -0.39 is 0 Å². The maximum Gasteiger partial charge on any atom is 0.217 e. The minimum atomic E-state index is -0.198. The van der Waals surface area contributed by atoms with E-state index >= 15 is 0 Å². The lowest BCUT2D eigenvalue weighted by Gasteiger charge is -2.23. The lowest BCUT2D eigenvalue weighted by atomic mass is 10.2. The summed E-state index contributed by atoms with van der Waals surface area (Å²) in [5.74, 6) is 0.599. The molecular formula is C21H32N6O. The predicted molar refractivity (Wildman–Crippen MR) is 115 cm³/mol. The Hall–Kier alpha value is -2.67. The third kappa shape index (κ3) is 4.98. The first-order valence-corrected chi connectivity index (χ1v) is 9.67. The molecule has 28 heavy (non-hydrogen) atoms. The summed E-state index contributed by atoms with van der Waals surface area (Å²) in [6.07, 6.45) is 2.52. The zero-order chi connectivity index (χ0) is 20.8. The summed E-state index contributed by atoms with van der Waals surface area (Å²) in [6.45, 7) is 10.2. The molecule has 7 heteroatoms. The Bertz CT molecular complexity index is 835. The van der Waals surface area contributed by atoms with Gasteiger partial charge < -0.3 is 19.9 Å². The van der Waals surface area contributed by atoms with Crippen molar-refractivity contribution in [3.63, 3.8) is 0 Å². The lowest BCUT2D eigenvalue weighted by Crippen LogP contribution is -2.38. The largest absolute Gasteiger partial charge is 0.394 e. The van der Waals surface area contributed by atoms with Gasteiger partial charge in [-0.3, -0.25) is 5.41 Å². The molecule has 0 spiro atoms. The predicted octanol–water partition coefficient (Wildman–Crippen LogP) is 3.26. The van der Waals surface area contributed by atoms with Crippen LogP contribution in [0, 0.1) is 19.3 Å². The molecule has 3 N–H and O–H groups in total. The monoisotopic (exact) mass is 384 g/mol. The van der Waals surface area contributed by atoms with Gasteiger partial charge in [0.05, 0.1) is 19.0 Å². The van der Waals surface area contributed by atoms with Crippen molar-refractivity contribution < 1.29 is 5.11 Å². The van der Waals surface area contributed by atoms with Crippen molar-refractivity contribution in [1.82, 2.24) is 14.9 Å². The highest BCUT2D eigenvalue weighted by Gasteiger charge is 2.20. The average Bonchev–Trinajstić information content (AvgIpc) is 3.05. The molecule has 0 amide bonds. The van der Waals surface area contributed by atoms with E-state index in [0.29, 0.717) is 12.3 Å². The summed E-state index contributed by atoms with van der Waals surface area (Å²) < 4.78 is 2.09. The molecule has 2 aromatic rings. The molecule has 152 valence electrons. The number of nitrogens with zero attached hydrogens (tertiary/aromatic N) is 4. The van der Waals surface area contributed by atoms with Crippen LogP contribution >= 0.6 is 0 Å². The summed E-state index contributed by atoms with van der Waals surface area (Å²) in [5, 5.41) is 20.7. The van der Waals surface area contributed by atoms with Crippen LogP contribution in [-0.2, 0) is 0 Å². The van der Waals surface area contributed by atoms with Crippen molar-refractivity contribution in [3.05, 3.63) is 47.5 Å². The van der Waals surface area contributed by atoms with Gasteiger partial charge in [-0.05, 0) is 51.8 Å². The minimum absolute atomic E-state index is 0.00824. The fraction of sp³-hybridized carbons (Fsp3) is 0.476. The highest BCUT2D eigenvalue weighted by Crippen LogP contribution is 2.20. The maximum atomic E-state index is 9.42. The van der Waals surface area contributed by atoms with E-state index in [1.54, 1.807) is 0 Å². The number of aromatic nitrogens is 2. The highest BCUT2D eigenvalue weighted by atomic mass is 16.3. The van der Waals surface area contributed by atoms with Gasteiger partial charge in [-0.15, -0.1) is 0 Å². The number of aliphatic hydroxyl groups is 1. The molecule has 0 aliphatic heterocycles. The van der Waals surface area contributed by atoms with Gasteiger partial charge in [0.15, 0.2) is 5.84 Å². The van der Waals surface area contributed by atoms with Crippen LogP contribution in [0.25, 0.3) is 0 Å². The van der Waals surface area contributed by atoms with Crippen LogP contribution in [0.3, 0.4) is 0 Å². The van der Waals surface area contributed by atoms with E-state index in [1.807, 2.05) is 57.2 Å². The number of anilines is 1. The normalized spacial score (nSPS) is 12.9. The molecular weight excluding hydrogens is 352 g/mol. The van der Waals surface area contributed by atoms with Crippen molar-refractivity contribution in [2.24, 2.45) is 4.99 Å². The van der Waals surface area contributed by atoms with Crippen molar-refractivity contribution in [2.45, 2.75) is 53.1 Å². The van der Waals surface area contributed by atoms with Gasteiger partial charge in [0, 0.05) is 24.5 Å². The van der Waals surface area contributed by atoms with Crippen molar-refractivity contribution in [3.8, 4) is 0 Å². The number of hydrogen-bond donors (Lipinski definition) is 3. The van der Waals surface area contributed by atoms with Crippen LogP contribution in [0.15, 0.2) is 35.6 Å². The molecule has 0 saturated heterocycles. The van der Waals surface area contributed by atoms with Gasteiger partial charge >= 0.3 is 0 Å². The van der Waals surface area contributed by atoms with Crippen LogP contribution in [0.4, 0.5) is 5.69 Å². The van der Waals surface area contributed by atoms with E-state index in [0.717, 1.165) is 22.6 Å². The number of aliphatic imine (C=N–C) groups is 1. The highest BCUT2D eigenvalue weighted by molar-refractivity contribution is 6.13. The van der Waals surface area contributed by atoms with E-state index in [9.17, 15) is 5.11 Å². The first kappa shape index (κ1) is 21.6. The molecule has 0 aliphatic rings. The number of imidazole rings is 1. The first-order chi connectivity index (χ1) is 13.3. The second-order valence-corrected chi connectivity index (χ2v) is 7.29. The van der Waals surface area contributed by atoms with Gasteiger partial charge in [-0.1, -0.05) is 19.1 Å². The number of aliphatic hydroxyl groups excluding tert-OH is 1. The Balaban J connectivity index is 2.49. The van der Waals surface area contributed by atoms with Crippen LogP contribution in [0.5, 0.6) is 0 Å². The molecule has 1 heterocycles. The fourth-order valence-electron chi connectivity index (χ4n) is 3.02. The zero-order valence-corrected chi connectivity index (χ0v) is 17.7. The standard InChI is InChI=1S/C21H32N6O/c1-7-17(12-28)24-21(22)25-20(19-16(5)27(13-23-19)14(2)3)26(6)18-10-8-9-15(4)11-18/h8-11,13-14,17,28H,7,12H2,1-6H3,(H2,22,24)/b25-20+/t17-/m1/s1. The third-order valence-electron chi connectivity index (χ3n) is 4.79. The molecule has 0 bridgehead atoms. The summed E-state index contributed by atoms with van der Waals surface area (Å²) in [4.78, 5) is 11.1. The summed E-state index contributed by atoms with van der Waals surface area (Å²) >= 11 is 0. The fourth-order valence-corrected chi connectivity index (χ4v) is 3.02. The Morgan fingerprint density at radius 2 is 2.07 bits per heavy atom. The number of rotatable bonds is 6. The molecule has 0 unspecified atom stereocenters. The number of hydrogen-bond acceptors (Lipinski definition) is 3. The lowest BCUT2D eigenvalue weighted by molar-refractivity contribution is 0.252. The quantitative estimate of drug-likeness (QED) is 0.527. The van der Waals surface area contributed by atoms with Crippen LogP contribution in [0.2, 0.25) is 0 Å². The molecule has 7 nitrogen and oxygen atoms in total. The van der Waals surface area contributed by atoms with Crippen molar-refractivity contribution in [1.29, 1.82) is 5.41 Å². The summed E-state index contributed by atoms with van der Waals surface area (Å²) in [6, 6.07) is 8.21. The van der Waals surface area contributed by atoms with Gasteiger partial charge in [-0.2, -0.15) is 4.99 Å². The van der Waals surface area contributed by atoms with Gasteiger partial charge in [0.1, 0.15) is 5.69 Å². The first-order valence-electron chi connectivity index (χ1n) is 9.67. The smallest absolute Gasteiger partial charge is 0.217 e. The molecule has 0 radical (unpaired) electrons. The molecule has 0 fully saturated rings. The van der Waals surface area contributed by atoms with E-state index in [-0.39, 0.29) is 24.7 Å². The van der Waals surface area contributed by atoms with Crippen LogP contribution < -0.4 is 10.2 Å². The number of amidine groups is 1. The molecule has 1 atom stereocenters. The van der Waals surface area contributed by atoms with E-state index in [4.69, 9.17) is 5.41 Å². The molecule has 0 saturated carbocycles.